The summed E-state index contributed by atoms with van der Waals surface area (Å²) in [4.78, 5) is 13.4. The fraction of sp³-hybridized carbons (Fsp3) is 0.875. The zero-order chi connectivity index (χ0) is 8.97. The molecular weight excluding hydrogens is 156 g/mol. The maximum atomic E-state index is 11.3. The summed E-state index contributed by atoms with van der Waals surface area (Å²) in [6, 6.07) is -0.117. The number of carbonyl (C=O) groups is 1. The molecule has 1 saturated heterocycles. The smallest absolute Gasteiger partial charge is 0.237 e. The molecule has 0 aromatic heterocycles. The van der Waals surface area contributed by atoms with E-state index in [1.165, 1.54) is 0 Å². The normalized spacial score (nSPS) is 25.5. The Morgan fingerprint density at radius 3 is 3.08 bits per heavy atom. The van der Waals surface area contributed by atoms with Gasteiger partial charge in [-0.25, -0.2) is 0 Å². The SMILES string of the molecule is CCN1CCNC(=O)C1CCO. The molecule has 70 valence electrons. The largest absolute Gasteiger partial charge is 0.396 e. The number of nitrogens with one attached hydrogen (secondary N) is 1. The molecule has 1 atom stereocenters. The van der Waals surface area contributed by atoms with Gasteiger partial charge in [-0.1, -0.05) is 6.92 Å². The van der Waals surface area contributed by atoms with Gasteiger partial charge < -0.3 is 10.4 Å². The fourth-order valence-electron chi connectivity index (χ4n) is 1.58. The minimum atomic E-state index is -0.117. The lowest BCUT2D eigenvalue weighted by molar-refractivity contribution is -0.129. The Bertz CT molecular complexity index is 161. The van der Waals surface area contributed by atoms with Gasteiger partial charge in [-0.2, -0.15) is 0 Å². The summed E-state index contributed by atoms with van der Waals surface area (Å²) in [5, 5.41) is 11.5. The summed E-state index contributed by atoms with van der Waals surface area (Å²) in [6.45, 7) is 4.61. The highest BCUT2D eigenvalue weighted by atomic mass is 16.3. The first-order chi connectivity index (χ1) is 5.79. The van der Waals surface area contributed by atoms with Crippen LogP contribution in [0.5, 0.6) is 0 Å². The average molecular weight is 172 g/mol. The van der Waals surface area contributed by atoms with E-state index in [9.17, 15) is 4.79 Å². The van der Waals surface area contributed by atoms with Gasteiger partial charge in [-0.05, 0) is 13.0 Å². The molecule has 1 heterocycles. The Balaban J connectivity index is 2.53. The molecule has 12 heavy (non-hydrogen) atoms. The lowest BCUT2D eigenvalue weighted by Gasteiger charge is -2.33. The summed E-state index contributed by atoms with van der Waals surface area (Å²) < 4.78 is 0. The molecule has 0 aliphatic carbocycles. The van der Waals surface area contributed by atoms with Crippen LogP contribution in [0.3, 0.4) is 0 Å². The first-order valence-corrected chi connectivity index (χ1v) is 4.42. The predicted octanol–water partition coefficient (Wildman–Crippen LogP) is -0.811. The van der Waals surface area contributed by atoms with Crippen LogP contribution in [0.15, 0.2) is 0 Å². The number of piperazine rings is 1. The van der Waals surface area contributed by atoms with Crippen molar-refractivity contribution in [3.63, 3.8) is 0 Å². The van der Waals surface area contributed by atoms with Crippen molar-refractivity contribution >= 4 is 5.91 Å². The lowest BCUT2D eigenvalue weighted by Crippen LogP contribution is -2.55. The van der Waals surface area contributed by atoms with E-state index in [2.05, 4.69) is 10.2 Å². The van der Waals surface area contributed by atoms with Crippen LogP contribution in [0.25, 0.3) is 0 Å². The second-order valence-corrected chi connectivity index (χ2v) is 2.95. The molecule has 1 rings (SSSR count). The number of amides is 1. The van der Waals surface area contributed by atoms with Crippen molar-refractivity contribution in [2.45, 2.75) is 19.4 Å². The van der Waals surface area contributed by atoms with Crippen LogP contribution >= 0.6 is 0 Å². The molecule has 0 spiro atoms. The van der Waals surface area contributed by atoms with Gasteiger partial charge in [-0.15, -0.1) is 0 Å². The third-order valence-electron chi connectivity index (χ3n) is 2.25. The standard InChI is InChI=1S/C8H16N2O2/c1-2-10-5-4-9-8(12)7(10)3-6-11/h7,11H,2-6H2,1H3,(H,9,12). The van der Waals surface area contributed by atoms with E-state index in [1.807, 2.05) is 6.92 Å². The molecule has 0 aromatic rings. The van der Waals surface area contributed by atoms with Crippen LogP contribution in [0.4, 0.5) is 0 Å². The quantitative estimate of drug-likeness (QED) is 0.585. The van der Waals surface area contributed by atoms with E-state index in [0.717, 1.165) is 19.6 Å². The van der Waals surface area contributed by atoms with Crippen molar-refractivity contribution in [2.75, 3.05) is 26.2 Å². The minimum Gasteiger partial charge on any atom is -0.396 e. The van der Waals surface area contributed by atoms with Crippen LogP contribution in [0, 0.1) is 0 Å². The Morgan fingerprint density at radius 2 is 2.50 bits per heavy atom. The zero-order valence-corrected chi connectivity index (χ0v) is 7.42. The molecule has 0 radical (unpaired) electrons. The van der Waals surface area contributed by atoms with E-state index < -0.39 is 0 Å². The number of carbonyl (C=O) groups excluding carboxylic acids is 1. The monoisotopic (exact) mass is 172 g/mol. The van der Waals surface area contributed by atoms with Gasteiger partial charge in [0.25, 0.3) is 0 Å². The molecule has 0 aromatic carbocycles. The molecule has 1 aliphatic rings. The highest BCUT2D eigenvalue weighted by Crippen LogP contribution is 2.07. The highest BCUT2D eigenvalue weighted by Gasteiger charge is 2.27. The number of aliphatic hydroxyl groups excluding tert-OH is 1. The van der Waals surface area contributed by atoms with Gasteiger partial charge in [0.15, 0.2) is 0 Å². The molecule has 2 N–H and O–H groups in total. The number of rotatable bonds is 3. The maximum Gasteiger partial charge on any atom is 0.237 e. The zero-order valence-electron chi connectivity index (χ0n) is 7.42. The summed E-state index contributed by atoms with van der Waals surface area (Å²) >= 11 is 0. The summed E-state index contributed by atoms with van der Waals surface area (Å²) in [5.41, 5.74) is 0. The molecule has 0 saturated carbocycles. The second-order valence-electron chi connectivity index (χ2n) is 2.95. The topological polar surface area (TPSA) is 52.6 Å². The Hall–Kier alpha value is -0.610. The molecule has 4 heteroatoms. The number of nitrogens with zero attached hydrogens (tertiary/aromatic N) is 1. The molecule has 1 unspecified atom stereocenters. The van der Waals surface area contributed by atoms with E-state index in [1.54, 1.807) is 0 Å². The highest BCUT2D eigenvalue weighted by molar-refractivity contribution is 5.82. The number of likely N-dealkylation sites (N-methyl/N-ethyl adjacent to an activating group) is 1. The van der Waals surface area contributed by atoms with E-state index in [-0.39, 0.29) is 18.6 Å². The third-order valence-corrected chi connectivity index (χ3v) is 2.25. The summed E-state index contributed by atoms with van der Waals surface area (Å²) in [6.07, 6.45) is 0.541. The fourth-order valence-corrected chi connectivity index (χ4v) is 1.58. The first-order valence-electron chi connectivity index (χ1n) is 4.42. The summed E-state index contributed by atoms with van der Waals surface area (Å²) in [5.74, 6) is 0.0529. The van der Waals surface area contributed by atoms with Crippen LogP contribution < -0.4 is 5.32 Å². The molecule has 0 bridgehead atoms. The van der Waals surface area contributed by atoms with Crippen molar-refractivity contribution < 1.29 is 9.90 Å². The van der Waals surface area contributed by atoms with Crippen molar-refractivity contribution in [3.8, 4) is 0 Å². The van der Waals surface area contributed by atoms with E-state index in [0.29, 0.717) is 6.42 Å². The number of aliphatic hydroxyl groups is 1. The Morgan fingerprint density at radius 1 is 1.75 bits per heavy atom. The second kappa shape index (κ2) is 4.42. The lowest BCUT2D eigenvalue weighted by atomic mass is 10.1. The number of hydrogen-bond donors (Lipinski definition) is 2. The maximum absolute atomic E-state index is 11.3. The van der Waals surface area contributed by atoms with Crippen LogP contribution in [0.2, 0.25) is 0 Å². The Labute approximate surface area is 72.6 Å². The van der Waals surface area contributed by atoms with Crippen molar-refractivity contribution in [1.29, 1.82) is 0 Å². The van der Waals surface area contributed by atoms with Crippen LogP contribution in [0.1, 0.15) is 13.3 Å². The average Bonchev–Trinajstić information content (AvgIpc) is 2.09. The van der Waals surface area contributed by atoms with Crippen molar-refractivity contribution in [1.82, 2.24) is 10.2 Å². The first kappa shape index (κ1) is 9.48. The Kier molecular flexibility index (Phi) is 3.49. The van der Waals surface area contributed by atoms with Gasteiger partial charge >= 0.3 is 0 Å². The van der Waals surface area contributed by atoms with Crippen molar-refractivity contribution in [3.05, 3.63) is 0 Å². The van der Waals surface area contributed by atoms with Gasteiger partial charge in [0.2, 0.25) is 5.91 Å². The van der Waals surface area contributed by atoms with Gasteiger partial charge in [0, 0.05) is 19.7 Å². The molecule has 1 fully saturated rings. The van der Waals surface area contributed by atoms with Crippen LogP contribution in [-0.2, 0) is 4.79 Å². The van der Waals surface area contributed by atoms with Crippen LogP contribution in [-0.4, -0.2) is 48.2 Å². The van der Waals surface area contributed by atoms with E-state index in [4.69, 9.17) is 5.11 Å². The van der Waals surface area contributed by atoms with Gasteiger partial charge in [0.1, 0.15) is 0 Å². The molecular formula is C8H16N2O2. The van der Waals surface area contributed by atoms with Gasteiger partial charge in [-0.3, -0.25) is 9.69 Å². The third kappa shape index (κ3) is 1.95. The molecule has 4 nitrogen and oxygen atoms in total. The predicted molar refractivity (Wildman–Crippen MR) is 45.7 cm³/mol. The van der Waals surface area contributed by atoms with Gasteiger partial charge in [0.05, 0.1) is 6.04 Å². The summed E-state index contributed by atoms with van der Waals surface area (Å²) in [7, 11) is 0. The number of hydrogen-bond acceptors (Lipinski definition) is 3. The molecule has 1 amide bonds. The van der Waals surface area contributed by atoms with E-state index >= 15 is 0 Å². The molecule has 1 aliphatic heterocycles. The minimum absolute atomic E-state index is 0.0529. The van der Waals surface area contributed by atoms with Crippen molar-refractivity contribution in [2.24, 2.45) is 0 Å².